The Labute approximate surface area is 102 Å². The minimum Gasteiger partial charge on any atom is -0.384 e. The van der Waals surface area contributed by atoms with Gasteiger partial charge in [-0.15, -0.1) is 0 Å². The van der Waals surface area contributed by atoms with Crippen LogP contribution in [0.4, 0.5) is 5.69 Å². The second-order valence-corrected chi connectivity index (χ2v) is 4.62. The lowest BCUT2D eigenvalue weighted by Crippen LogP contribution is -2.24. The van der Waals surface area contributed by atoms with Crippen LogP contribution in [0, 0.1) is 5.92 Å². The van der Waals surface area contributed by atoms with Crippen molar-refractivity contribution in [1.82, 2.24) is 4.57 Å². The highest BCUT2D eigenvalue weighted by molar-refractivity contribution is 5.40. The Morgan fingerprint density at radius 1 is 1.47 bits per heavy atom. The molecule has 0 atom stereocenters. The van der Waals surface area contributed by atoms with Crippen LogP contribution in [0.2, 0.25) is 0 Å². The average molecular weight is 236 g/mol. The molecule has 1 aliphatic carbocycles. The molecular weight excluding hydrogens is 216 g/mol. The predicted octanol–water partition coefficient (Wildman–Crippen LogP) is 1.71. The molecule has 1 aromatic heterocycles. The molecule has 94 valence electrons. The van der Waals surface area contributed by atoms with Gasteiger partial charge in [0.25, 0.3) is 5.56 Å². The first-order chi connectivity index (χ1) is 8.29. The van der Waals surface area contributed by atoms with Crippen LogP contribution in [-0.4, -0.2) is 24.8 Å². The summed E-state index contributed by atoms with van der Waals surface area (Å²) in [5.41, 5.74) is 1.05. The average Bonchev–Trinajstić information content (AvgIpc) is 2.27. The summed E-state index contributed by atoms with van der Waals surface area (Å²) < 4.78 is 6.67. The van der Waals surface area contributed by atoms with E-state index in [9.17, 15) is 4.79 Å². The lowest BCUT2D eigenvalue weighted by Gasteiger charge is -2.25. The molecule has 17 heavy (non-hydrogen) atoms. The Balaban J connectivity index is 1.94. The highest BCUT2D eigenvalue weighted by Crippen LogP contribution is 2.26. The molecule has 1 aromatic rings. The number of aromatic nitrogens is 1. The number of nitrogens with one attached hydrogen (secondary N) is 1. The predicted molar refractivity (Wildman–Crippen MR) is 68.4 cm³/mol. The van der Waals surface area contributed by atoms with Crippen molar-refractivity contribution in [2.45, 2.75) is 25.8 Å². The minimum absolute atomic E-state index is 0.0243. The number of nitrogens with zero attached hydrogens (tertiary/aromatic N) is 1. The maximum atomic E-state index is 11.6. The number of methoxy groups -OCH3 is 1. The van der Waals surface area contributed by atoms with E-state index in [0.717, 1.165) is 18.2 Å². The zero-order chi connectivity index (χ0) is 12.1. The van der Waals surface area contributed by atoms with E-state index < -0.39 is 0 Å². The van der Waals surface area contributed by atoms with E-state index in [1.807, 2.05) is 12.3 Å². The summed E-state index contributed by atoms with van der Waals surface area (Å²) >= 11 is 0. The number of pyridine rings is 1. The molecule has 0 radical (unpaired) electrons. The van der Waals surface area contributed by atoms with Gasteiger partial charge in [0.05, 0.1) is 12.3 Å². The molecule has 4 nitrogen and oxygen atoms in total. The van der Waals surface area contributed by atoms with Crippen molar-refractivity contribution in [2.75, 3.05) is 25.6 Å². The van der Waals surface area contributed by atoms with Crippen LogP contribution in [0.5, 0.6) is 0 Å². The molecule has 0 spiro atoms. The normalized spacial score (nSPS) is 15.6. The summed E-state index contributed by atoms with van der Waals surface area (Å²) in [4.78, 5) is 11.6. The lowest BCUT2D eigenvalue weighted by atomic mass is 9.85. The Hall–Kier alpha value is -1.29. The van der Waals surface area contributed by atoms with Gasteiger partial charge in [-0.2, -0.15) is 0 Å². The van der Waals surface area contributed by atoms with E-state index in [-0.39, 0.29) is 5.56 Å². The second kappa shape index (κ2) is 5.87. The third-order valence-electron chi connectivity index (χ3n) is 3.34. The highest BCUT2D eigenvalue weighted by Gasteiger charge is 2.16. The van der Waals surface area contributed by atoms with Crippen molar-refractivity contribution in [3.05, 3.63) is 28.7 Å². The Bertz CT molecular complexity index is 410. The molecule has 1 saturated carbocycles. The molecule has 4 heteroatoms. The first-order valence-corrected chi connectivity index (χ1v) is 6.23. The number of anilines is 1. The van der Waals surface area contributed by atoms with Gasteiger partial charge in [0, 0.05) is 32.5 Å². The number of hydrogen-bond donors (Lipinski definition) is 1. The van der Waals surface area contributed by atoms with Crippen molar-refractivity contribution in [1.29, 1.82) is 0 Å². The van der Waals surface area contributed by atoms with Crippen LogP contribution in [0.3, 0.4) is 0 Å². The van der Waals surface area contributed by atoms with E-state index in [4.69, 9.17) is 4.74 Å². The van der Waals surface area contributed by atoms with Gasteiger partial charge in [0.15, 0.2) is 0 Å². The molecule has 1 N–H and O–H groups in total. The van der Waals surface area contributed by atoms with Gasteiger partial charge in [0.1, 0.15) is 0 Å². The van der Waals surface area contributed by atoms with Crippen molar-refractivity contribution in [3.8, 4) is 0 Å². The van der Waals surface area contributed by atoms with Crippen molar-refractivity contribution in [3.63, 3.8) is 0 Å². The van der Waals surface area contributed by atoms with E-state index in [0.29, 0.717) is 13.2 Å². The van der Waals surface area contributed by atoms with Crippen molar-refractivity contribution >= 4 is 5.69 Å². The molecule has 0 bridgehead atoms. The molecule has 0 unspecified atom stereocenters. The first kappa shape index (κ1) is 12.2. The molecule has 0 amide bonds. The van der Waals surface area contributed by atoms with E-state index >= 15 is 0 Å². The molecule has 1 fully saturated rings. The van der Waals surface area contributed by atoms with Gasteiger partial charge in [-0.25, -0.2) is 0 Å². The van der Waals surface area contributed by atoms with Crippen LogP contribution < -0.4 is 10.9 Å². The van der Waals surface area contributed by atoms with Crippen LogP contribution in [-0.2, 0) is 11.3 Å². The maximum Gasteiger partial charge on any atom is 0.250 e. The Kier molecular flexibility index (Phi) is 4.20. The number of ether oxygens (including phenoxy) is 1. The molecule has 1 heterocycles. The summed E-state index contributed by atoms with van der Waals surface area (Å²) in [6, 6.07) is 3.46. The Morgan fingerprint density at radius 3 is 2.94 bits per heavy atom. The zero-order valence-corrected chi connectivity index (χ0v) is 10.3. The summed E-state index contributed by atoms with van der Waals surface area (Å²) in [7, 11) is 1.64. The van der Waals surface area contributed by atoms with Gasteiger partial charge in [-0.1, -0.05) is 6.42 Å². The zero-order valence-electron chi connectivity index (χ0n) is 10.3. The number of rotatable bonds is 6. The third-order valence-corrected chi connectivity index (χ3v) is 3.34. The molecule has 2 rings (SSSR count). The lowest BCUT2D eigenvalue weighted by molar-refractivity contribution is 0.186. The van der Waals surface area contributed by atoms with Gasteiger partial charge in [-0.3, -0.25) is 4.79 Å². The smallest absolute Gasteiger partial charge is 0.250 e. The fourth-order valence-electron chi connectivity index (χ4n) is 1.96. The van der Waals surface area contributed by atoms with Crippen LogP contribution >= 0.6 is 0 Å². The standard InChI is InChI=1S/C13H20N2O2/c1-17-8-7-15-10-12(5-6-13(15)16)14-9-11-3-2-4-11/h5-6,10-11,14H,2-4,7-9H2,1H3. The molecule has 0 saturated heterocycles. The van der Waals surface area contributed by atoms with Crippen molar-refractivity contribution in [2.24, 2.45) is 5.92 Å². The quantitative estimate of drug-likeness (QED) is 0.817. The minimum atomic E-state index is 0.0243. The SMILES string of the molecule is COCCn1cc(NCC2CCC2)ccc1=O. The van der Waals surface area contributed by atoms with Crippen molar-refractivity contribution < 1.29 is 4.74 Å². The summed E-state index contributed by atoms with van der Waals surface area (Å²) in [5.74, 6) is 0.814. The van der Waals surface area contributed by atoms with E-state index in [1.54, 1.807) is 17.7 Å². The third kappa shape index (κ3) is 3.33. The monoisotopic (exact) mass is 236 g/mol. The fourth-order valence-corrected chi connectivity index (χ4v) is 1.96. The summed E-state index contributed by atoms with van der Waals surface area (Å²) in [5, 5.41) is 3.39. The molecule has 0 aliphatic heterocycles. The maximum absolute atomic E-state index is 11.6. The fraction of sp³-hybridized carbons (Fsp3) is 0.615. The van der Waals surface area contributed by atoms with Crippen LogP contribution in [0.1, 0.15) is 19.3 Å². The van der Waals surface area contributed by atoms with Gasteiger partial charge < -0.3 is 14.6 Å². The number of hydrogen-bond acceptors (Lipinski definition) is 3. The second-order valence-electron chi connectivity index (χ2n) is 4.62. The Morgan fingerprint density at radius 2 is 2.29 bits per heavy atom. The summed E-state index contributed by atoms with van der Waals surface area (Å²) in [6.45, 7) is 2.18. The van der Waals surface area contributed by atoms with Crippen LogP contribution in [0.25, 0.3) is 0 Å². The highest BCUT2D eigenvalue weighted by atomic mass is 16.5. The van der Waals surface area contributed by atoms with Gasteiger partial charge >= 0.3 is 0 Å². The largest absolute Gasteiger partial charge is 0.384 e. The topological polar surface area (TPSA) is 43.3 Å². The van der Waals surface area contributed by atoms with Gasteiger partial charge in [-0.05, 0) is 24.8 Å². The summed E-state index contributed by atoms with van der Waals surface area (Å²) in [6.07, 6.45) is 5.90. The van der Waals surface area contributed by atoms with Crippen LogP contribution in [0.15, 0.2) is 23.1 Å². The van der Waals surface area contributed by atoms with E-state index in [1.165, 1.54) is 19.3 Å². The first-order valence-electron chi connectivity index (χ1n) is 6.23. The van der Waals surface area contributed by atoms with Gasteiger partial charge in [0.2, 0.25) is 0 Å². The molecule has 0 aromatic carbocycles. The van der Waals surface area contributed by atoms with E-state index in [2.05, 4.69) is 5.32 Å². The molecule has 1 aliphatic rings. The molecular formula is C13H20N2O2.